The minimum Gasteiger partial charge on any atom is -0.508 e. The number of ketones is 1. The van der Waals surface area contributed by atoms with Crippen LogP contribution in [0.1, 0.15) is 28.8 Å². The Balaban J connectivity index is 2.37. The number of phenols is 2. The summed E-state index contributed by atoms with van der Waals surface area (Å²) in [5, 5.41) is 29.6. The van der Waals surface area contributed by atoms with Gasteiger partial charge in [-0.1, -0.05) is 32.1 Å². The molecule has 0 radical (unpaired) electrons. The monoisotopic (exact) mass is 370 g/mol. The Morgan fingerprint density at radius 1 is 0.846 bits per heavy atom. The molecule has 0 heterocycles. The molecule has 0 amide bonds. The van der Waals surface area contributed by atoms with Crippen molar-refractivity contribution in [3.63, 3.8) is 0 Å². The summed E-state index contributed by atoms with van der Waals surface area (Å²) in [4.78, 5) is 13.0. The molecule has 0 saturated carbocycles. The number of aromatic hydroxyl groups is 2. The number of aliphatic hydroxyl groups excluding tert-OH is 1. The molecule has 0 aromatic heterocycles. The van der Waals surface area contributed by atoms with Gasteiger partial charge in [-0.05, 0) is 55.0 Å². The maximum absolute atomic E-state index is 13.0. The van der Waals surface area contributed by atoms with Crippen molar-refractivity contribution in [1.82, 2.24) is 0 Å². The molecule has 0 saturated heterocycles. The SMILES string of the molecule is C[Si](C)(C)CCC/C(C(=O)c1ccc(O)cc1)=C(/O)c1ccc(O)cc1. The van der Waals surface area contributed by atoms with Crippen molar-refractivity contribution in [3.05, 3.63) is 65.2 Å². The lowest BCUT2D eigenvalue weighted by Gasteiger charge is -2.17. The van der Waals surface area contributed by atoms with Gasteiger partial charge in [-0.2, -0.15) is 0 Å². The van der Waals surface area contributed by atoms with E-state index in [0.717, 1.165) is 12.5 Å². The van der Waals surface area contributed by atoms with E-state index in [0.29, 0.717) is 23.1 Å². The second-order valence-electron chi connectivity index (χ2n) is 7.66. The number of carbonyl (C=O) groups is 1. The van der Waals surface area contributed by atoms with E-state index >= 15 is 0 Å². The second kappa shape index (κ2) is 8.23. The van der Waals surface area contributed by atoms with Crippen LogP contribution in [-0.4, -0.2) is 29.2 Å². The number of rotatable bonds is 7. The molecule has 4 nitrogen and oxygen atoms in total. The highest BCUT2D eigenvalue weighted by Crippen LogP contribution is 2.27. The first kappa shape index (κ1) is 19.8. The predicted octanol–water partition coefficient (Wildman–Crippen LogP) is 5.37. The lowest BCUT2D eigenvalue weighted by atomic mass is 9.96. The molecule has 5 heteroatoms. The lowest BCUT2D eigenvalue weighted by molar-refractivity contribution is 0.102. The number of aliphatic hydroxyl groups is 1. The minimum atomic E-state index is -1.25. The number of carbonyl (C=O) groups excluding carboxylic acids is 1. The van der Waals surface area contributed by atoms with Crippen LogP contribution in [0.4, 0.5) is 0 Å². The van der Waals surface area contributed by atoms with Crippen LogP contribution in [0.15, 0.2) is 54.1 Å². The summed E-state index contributed by atoms with van der Waals surface area (Å²) in [5.74, 6) is -0.106. The molecule has 0 unspecified atom stereocenters. The highest BCUT2D eigenvalue weighted by molar-refractivity contribution is 6.76. The van der Waals surface area contributed by atoms with E-state index in [1.54, 1.807) is 24.3 Å². The molecule has 2 aromatic rings. The Hall–Kier alpha value is -2.53. The molecular weight excluding hydrogens is 344 g/mol. The third-order valence-electron chi connectivity index (χ3n) is 4.18. The Labute approximate surface area is 155 Å². The molecule has 3 N–H and O–H groups in total. The Kier molecular flexibility index (Phi) is 6.26. The fourth-order valence-electron chi connectivity index (χ4n) is 2.72. The molecular formula is C21H26O4Si. The summed E-state index contributed by atoms with van der Waals surface area (Å²) < 4.78 is 0. The predicted molar refractivity (Wildman–Crippen MR) is 107 cm³/mol. The first-order valence-electron chi connectivity index (χ1n) is 8.72. The molecule has 0 aliphatic heterocycles. The quantitative estimate of drug-likeness (QED) is 0.265. The topological polar surface area (TPSA) is 77.8 Å². The number of benzene rings is 2. The van der Waals surface area contributed by atoms with Gasteiger partial charge in [0, 0.05) is 24.8 Å². The summed E-state index contributed by atoms with van der Waals surface area (Å²) >= 11 is 0. The number of phenolic OH excluding ortho intramolecular Hbond substituents is 2. The Morgan fingerprint density at radius 2 is 1.31 bits per heavy atom. The highest BCUT2D eigenvalue weighted by atomic mass is 28.3. The van der Waals surface area contributed by atoms with Crippen LogP contribution in [-0.2, 0) is 0 Å². The average molecular weight is 371 g/mol. The first-order valence-corrected chi connectivity index (χ1v) is 12.4. The highest BCUT2D eigenvalue weighted by Gasteiger charge is 2.20. The molecule has 2 rings (SSSR count). The van der Waals surface area contributed by atoms with Crippen LogP contribution in [0.2, 0.25) is 25.7 Å². The number of hydrogen-bond donors (Lipinski definition) is 3. The Bertz CT molecular complexity index is 784. The summed E-state index contributed by atoms with van der Waals surface area (Å²) in [5.41, 5.74) is 1.29. The Morgan fingerprint density at radius 3 is 1.77 bits per heavy atom. The van der Waals surface area contributed by atoms with Gasteiger partial charge in [0.2, 0.25) is 0 Å². The first-order chi connectivity index (χ1) is 12.2. The van der Waals surface area contributed by atoms with E-state index in [-0.39, 0.29) is 23.0 Å². The van der Waals surface area contributed by atoms with Crippen molar-refractivity contribution in [3.8, 4) is 11.5 Å². The lowest BCUT2D eigenvalue weighted by Crippen LogP contribution is -2.19. The van der Waals surface area contributed by atoms with Gasteiger partial charge in [-0.15, -0.1) is 0 Å². The zero-order valence-electron chi connectivity index (χ0n) is 15.5. The van der Waals surface area contributed by atoms with Crippen LogP contribution in [0.3, 0.4) is 0 Å². The van der Waals surface area contributed by atoms with Crippen molar-refractivity contribution in [2.24, 2.45) is 0 Å². The van der Waals surface area contributed by atoms with Crippen molar-refractivity contribution in [1.29, 1.82) is 0 Å². The molecule has 0 aliphatic carbocycles. The second-order valence-corrected chi connectivity index (χ2v) is 13.3. The van der Waals surface area contributed by atoms with Gasteiger partial charge < -0.3 is 15.3 Å². The summed E-state index contributed by atoms with van der Waals surface area (Å²) in [7, 11) is -1.25. The number of hydrogen-bond acceptors (Lipinski definition) is 4. The zero-order valence-corrected chi connectivity index (χ0v) is 16.5. The van der Waals surface area contributed by atoms with Crippen LogP contribution in [0.25, 0.3) is 5.76 Å². The largest absolute Gasteiger partial charge is 0.508 e. The average Bonchev–Trinajstić information content (AvgIpc) is 2.58. The van der Waals surface area contributed by atoms with Crippen LogP contribution >= 0.6 is 0 Å². The smallest absolute Gasteiger partial charge is 0.192 e. The fourth-order valence-corrected chi connectivity index (χ4v) is 3.95. The molecule has 2 aromatic carbocycles. The van der Waals surface area contributed by atoms with E-state index in [4.69, 9.17) is 0 Å². The van der Waals surface area contributed by atoms with Gasteiger partial charge >= 0.3 is 0 Å². The van der Waals surface area contributed by atoms with E-state index in [9.17, 15) is 20.1 Å². The normalized spacial score (nSPS) is 12.6. The maximum atomic E-state index is 13.0. The zero-order chi connectivity index (χ0) is 19.3. The molecule has 26 heavy (non-hydrogen) atoms. The van der Waals surface area contributed by atoms with Crippen LogP contribution in [0.5, 0.6) is 11.5 Å². The number of allylic oxidation sites excluding steroid dienone is 1. The van der Waals surface area contributed by atoms with Gasteiger partial charge in [0.25, 0.3) is 0 Å². The standard InChI is InChI=1S/C21H26O4Si/c1-26(2,3)14-4-5-19(20(24)15-6-10-17(22)11-7-15)21(25)16-8-12-18(23)13-9-16/h6-13,22-24H,4-5,14H2,1-3H3/b20-19-. The fraction of sp³-hybridized carbons (Fsp3) is 0.286. The van der Waals surface area contributed by atoms with Crippen molar-refractivity contribution in [2.75, 3.05) is 0 Å². The van der Waals surface area contributed by atoms with Gasteiger partial charge in [-0.3, -0.25) is 4.79 Å². The van der Waals surface area contributed by atoms with E-state index in [1.807, 2.05) is 0 Å². The van der Waals surface area contributed by atoms with Gasteiger partial charge in [-0.25, -0.2) is 0 Å². The summed E-state index contributed by atoms with van der Waals surface area (Å²) in [6.07, 6.45) is 1.31. The van der Waals surface area contributed by atoms with E-state index < -0.39 is 8.07 Å². The van der Waals surface area contributed by atoms with Crippen molar-refractivity contribution >= 4 is 19.6 Å². The molecule has 0 fully saturated rings. The van der Waals surface area contributed by atoms with Crippen molar-refractivity contribution < 1.29 is 20.1 Å². The van der Waals surface area contributed by atoms with E-state index in [1.165, 1.54) is 24.3 Å². The van der Waals surface area contributed by atoms with Gasteiger partial charge in [0.05, 0.1) is 0 Å². The third-order valence-corrected chi connectivity index (χ3v) is 6.04. The minimum absolute atomic E-state index is 0.0568. The summed E-state index contributed by atoms with van der Waals surface area (Å²) in [6.45, 7) is 6.83. The van der Waals surface area contributed by atoms with Crippen LogP contribution in [0, 0.1) is 0 Å². The molecule has 0 spiro atoms. The summed E-state index contributed by atoms with van der Waals surface area (Å²) in [6, 6.07) is 13.2. The van der Waals surface area contributed by atoms with E-state index in [2.05, 4.69) is 19.6 Å². The van der Waals surface area contributed by atoms with Crippen molar-refractivity contribution in [2.45, 2.75) is 38.5 Å². The molecule has 138 valence electrons. The molecule has 0 atom stereocenters. The third kappa shape index (κ3) is 5.49. The molecule has 0 aliphatic rings. The van der Waals surface area contributed by atoms with Gasteiger partial charge in [0.15, 0.2) is 5.78 Å². The number of Topliss-reactive ketones (excluding diaryl/α,β-unsaturated/α-hetero) is 1. The van der Waals surface area contributed by atoms with Gasteiger partial charge in [0.1, 0.15) is 17.3 Å². The van der Waals surface area contributed by atoms with Crippen LogP contribution < -0.4 is 0 Å². The maximum Gasteiger partial charge on any atom is 0.192 e. The molecule has 0 bridgehead atoms.